The van der Waals surface area contributed by atoms with Crippen molar-refractivity contribution in [3.63, 3.8) is 0 Å². The van der Waals surface area contributed by atoms with Gasteiger partial charge in [-0.15, -0.1) is 0 Å². The van der Waals surface area contributed by atoms with Crippen LogP contribution in [0.25, 0.3) is 11.1 Å². The highest BCUT2D eigenvalue weighted by Crippen LogP contribution is 2.37. The molecular formula is C17H19NS. The fourth-order valence-electron chi connectivity index (χ4n) is 2.74. The molecule has 2 aromatic rings. The Labute approximate surface area is 119 Å². The Morgan fingerprint density at radius 2 is 1.89 bits per heavy atom. The van der Waals surface area contributed by atoms with E-state index in [0.29, 0.717) is 0 Å². The largest absolute Gasteiger partial charge is 0.323 e. The van der Waals surface area contributed by atoms with Crippen LogP contribution in [-0.2, 0) is 6.42 Å². The topological polar surface area (TPSA) is 26.0 Å². The normalized spacial score (nSPS) is 14.0. The third-order valence-electron chi connectivity index (χ3n) is 3.75. The van der Waals surface area contributed by atoms with E-state index in [1.165, 1.54) is 27.8 Å². The van der Waals surface area contributed by atoms with Gasteiger partial charge in [0.05, 0.1) is 0 Å². The fraction of sp³-hybridized carbons (Fsp3) is 0.294. The summed E-state index contributed by atoms with van der Waals surface area (Å²) in [6, 6.07) is 15.6. The summed E-state index contributed by atoms with van der Waals surface area (Å²) in [5.41, 5.74) is 13.2. The van der Waals surface area contributed by atoms with Gasteiger partial charge in [-0.25, -0.2) is 0 Å². The zero-order valence-corrected chi connectivity index (χ0v) is 12.0. The molecule has 1 atom stereocenters. The zero-order valence-electron chi connectivity index (χ0n) is 11.2. The lowest BCUT2D eigenvalue weighted by Crippen LogP contribution is -2.13. The Bertz CT molecular complexity index is 592. The molecular weight excluding hydrogens is 250 g/mol. The second-order valence-corrected chi connectivity index (χ2v) is 6.34. The fourth-order valence-corrected chi connectivity index (χ4v) is 3.42. The van der Waals surface area contributed by atoms with E-state index < -0.39 is 0 Å². The number of rotatable bonds is 4. The highest BCUT2D eigenvalue weighted by molar-refractivity contribution is 7.99. The Hall–Kier alpha value is -1.25. The van der Waals surface area contributed by atoms with Crippen molar-refractivity contribution in [2.45, 2.75) is 19.4 Å². The van der Waals surface area contributed by atoms with E-state index in [4.69, 9.17) is 5.73 Å². The molecule has 1 aliphatic rings. The minimum Gasteiger partial charge on any atom is -0.323 e. The average Bonchev–Trinajstić information content (AvgIpc) is 2.82. The molecule has 0 saturated carbocycles. The number of nitrogens with two attached hydrogens (primary N) is 1. The van der Waals surface area contributed by atoms with E-state index in [1.807, 2.05) is 11.8 Å². The molecule has 0 radical (unpaired) electrons. The van der Waals surface area contributed by atoms with Gasteiger partial charge in [-0.3, -0.25) is 0 Å². The van der Waals surface area contributed by atoms with E-state index in [0.717, 1.165) is 17.9 Å². The SMILES string of the molecule is CCSCC(N)c1ccc2c(c1)Cc1ccccc1-2. The van der Waals surface area contributed by atoms with Gasteiger partial charge < -0.3 is 5.73 Å². The summed E-state index contributed by atoms with van der Waals surface area (Å²) >= 11 is 1.91. The first-order valence-corrected chi connectivity index (χ1v) is 7.99. The summed E-state index contributed by atoms with van der Waals surface area (Å²) < 4.78 is 0. The van der Waals surface area contributed by atoms with Crippen LogP contribution < -0.4 is 5.73 Å². The van der Waals surface area contributed by atoms with E-state index in [2.05, 4.69) is 49.4 Å². The molecule has 3 rings (SSSR count). The molecule has 2 heteroatoms. The van der Waals surface area contributed by atoms with Gasteiger partial charge in [-0.1, -0.05) is 49.4 Å². The number of benzene rings is 2. The van der Waals surface area contributed by atoms with Crippen LogP contribution in [0.15, 0.2) is 42.5 Å². The highest BCUT2D eigenvalue weighted by Gasteiger charge is 2.18. The maximum atomic E-state index is 6.26. The quantitative estimate of drug-likeness (QED) is 0.774. The molecule has 0 fully saturated rings. The number of fused-ring (bicyclic) bond motifs is 3. The number of hydrogen-bond donors (Lipinski definition) is 1. The Kier molecular flexibility index (Phi) is 3.63. The average molecular weight is 269 g/mol. The van der Waals surface area contributed by atoms with Crippen molar-refractivity contribution in [3.05, 3.63) is 59.2 Å². The molecule has 0 aliphatic heterocycles. The Balaban J connectivity index is 1.89. The van der Waals surface area contributed by atoms with Crippen LogP contribution in [0, 0.1) is 0 Å². The summed E-state index contributed by atoms with van der Waals surface area (Å²) in [4.78, 5) is 0. The van der Waals surface area contributed by atoms with Crippen molar-refractivity contribution >= 4 is 11.8 Å². The van der Waals surface area contributed by atoms with Crippen LogP contribution in [0.4, 0.5) is 0 Å². The van der Waals surface area contributed by atoms with Crippen molar-refractivity contribution in [2.24, 2.45) is 5.73 Å². The second-order valence-electron chi connectivity index (χ2n) is 5.02. The lowest BCUT2D eigenvalue weighted by molar-refractivity contribution is 0.830. The summed E-state index contributed by atoms with van der Waals surface area (Å²) in [5.74, 6) is 2.13. The first-order valence-electron chi connectivity index (χ1n) is 6.84. The lowest BCUT2D eigenvalue weighted by Gasteiger charge is -2.12. The maximum absolute atomic E-state index is 6.26. The van der Waals surface area contributed by atoms with Gasteiger partial charge in [0.15, 0.2) is 0 Å². The molecule has 2 aromatic carbocycles. The van der Waals surface area contributed by atoms with Crippen LogP contribution in [0.3, 0.4) is 0 Å². The van der Waals surface area contributed by atoms with E-state index in [1.54, 1.807) is 0 Å². The van der Waals surface area contributed by atoms with Crippen molar-refractivity contribution < 1.29 is 0 Å². The second kappa shape index (κ2) is 5.40. The minimum atomic E-state index is 0.152. The lowest BCUT2D eigenvalue weighted by atomic mass is 10.0. The van der Waals surface area contributed by atoms with Gasteiger partial charge >= 0.3 is 0 Å². The summed E-state index contributed by atoms with van der Waals surface area (Å²) in [7, 11) is 0. The van der Waals surface area contributed by atoms with Crippen molar-refractivity contribution in [2.75, 3.05) is 11.5 Å². The van der Waals surface area contributed by atoms with Crippen LogP contribution in [-0.4, -0.2) is 11.5 Å². The van der Waals surface area contributed by atoms with E-state index in [9.17, 15) is 0 Å². The number of thioether (sulfide) groups is 1. The summed E-state index contributed by atoms with van der Waals surface area (Å²) in [6.07, 6.45) is 1.05. The predicted octanol–water partition coefficient (Wildman–Crippen LogP) is 4.01. The van der Waals surface area contributed by atoms with Gasteiger partial charge in [0, 0.05) is 11.8 Å². The van der Waals surface area contributed by atoms with Gasteiger partial charge in [0.1, 0.15) is 0 Å². The predicted molar refractivity (Wildman–Crippen MR) is 84.6 cm³/mol. The number of hydrogen-bond acceptors (Lipinski definition) is 2. The smallest absolute Gasteiger partial charge is 0.0386 e. The van der Waals surface area contributed by atoms with Gasteiger partial charge in [0.25, 0.3) is 0 Å². The standard InChI is InChI=1S/C17H19NS/c1-2-19-11-17(18)13-7-8-16-14(10-13)9-12-5-3-4-6-15(12)16/h3-8,10,17H,2,9,11,18H2,1H3. The molecule has 0 aromatic heterocycles. The first kappa shape index (κ1) is 12.8. The van der Waals surface area contributed by atoms with E-state index in [-0.39, 0.29) is 6.04 Å². The van der Waals surface area contributed by atoms with Crippen molar-refractivity contribution in [3.8, 4) is 11.1 Å². The molecule has 0 saturated heterocycles. The van der Waals surface area contributed by atoms with Gasteiger partial charge in [0.2, 0.25) is 0 Å². The van der Waals surface area contributed by atoms with Crippen molar-refractivity contribution in [1.29, 1.82) is 0 Å². The molecule has 0 amide bonds. The third-order valence-corrected chi connectivity index (χ3v) is 4.75. The van der Waals surface area contributed by atoms with E-state index >= 15 is 0 Å². The summed E-state index contributed by atoms with van der Waals surface area (Å²) in [5, 5.41) is 0. The molecule has 2 N–H and O–H groups in total. The molecule has 0 bridgehead atoms. The molecule has 19 heavy (non-hydrogen) atoms. The maximum Gasteiger partial charge on any atom is 0.0386 e. The van der Waals surface area contributed by atoms with Gasteiger partial charge in [-0.2, -0.15) is 11.8 Å². The molecule has 1 unspecified atom stereocenters. The molecule has 98 valence electrons. The summed E-state index contributed by atoms with van der Waals surface area (Å²) in [6.45, 7) is 2.18. The molecule has 0 heterocycles. The molecule has 1 aliphatic carbocycles. The van der Waals surface area contributed by atoms with Crippen LogP contribution in [0.1, 0.15) is 29.7 Å². The zero-order chi connectivity index (χ0) is 13.2. The Morgan fingerprint density at radius 1 is 1.11 bits per heavy atom. The third kappa shape index (κ3) is 2.43. The monoisotopic (exact) mass is 269 g/mol. The first-order chi connectivity index (χ1) is 9.29. The Morgan fingerprint density at radius 3 is 2.74 bits per heavy atom. The van der Waals surface area contributed by atoms with Crippen LogP contribution in [0.2, 0.25) is 0 Å². The van der Waals surface area contributed by atoms with Crippen molar-refractivity contribution in [1.82, 2.24) is 0 Å². The molecule has 0 spiro atoms. The highest BCUT2D eigenvalue weighted by atomic mass is 32.2. The molecule has 1 nitrogen and oxygen atoms in total. The van der Waals surface area contributed by atoms with Crippen LogP contribution in [0.5, 0.6) is 0 Å². The minimum absolute atomic E-state index is 0.152. The van der Waals surface area contributed by atoms with Crippen LogP contribution >= 0.6 is 11.8 Å². The van der Waals surface area contributed by atoms with Gasteiger partial charge in [-0.05, 0) is 40.0 Å².